The molecule has 4 rings (SSSR count). The van der Waals surface area contributed by atoms with Crippen molar-refractivity contribution in [2.45, 2.75) is 38.6 Å². The molecule has 0 unspecified atom stereocenters. The molecule has 2 aliphatic rings. The molecular weight excluding hydrogens is 428 g/mol. The fourth-order valence-electron chi connectivity index (χ4n) is 4.70. The lowest BCUT2D eigenvalue weighted by Gasteiger charge is -2.36. The Bertz CT molecular complexity index is 1110. The van der Waals surface area contributed by atoms with Crippen molar-refractivity contribution in [3.05, 3.63) is 38.9 Å². The van der Waals surface area contributed by atoms with Crippen molar-refractivity contribution in [2.75, 3.05) is 39.9 Å². The zero-order chi connectivity index (χ0) is 22.7. The summed E-state index contributed by atoms with van der Waals surface area (Å²) in [6.45, 7) is 3.21. The molecule has 2 fully saturated rings. The molecule has 8 nitrogen and oxygen atoms in total. The second-order valence-electron chi connectivity index (χ2n) is 8.59. The molecular formula is C23H30N4O4S. The van der Waals surface area contributed by atoms with Crippen molar-refractivity contribution in [2.24, 2.45) is 5.92 Å². The molecule has 172 valence electrons. The topological polar surface area (TPSA) is 87.6 Å². The number of aromatic nitrogens is 2. The van der Waals surface area contributed by atoms with Crippen LogP contribution in [0.15, 0.2) is 23.0 Å². The quantitative estimate of drug-likeness (QED) is 0.531. The van der Waals surface area contributed by atoms with Gasteiger partial charge >= 0.3 is 0 Å². The minimum Gasteiger partial charge on any atom is -0.385 e. The number of carbonyl (C=O) groups is 2. The number of methoxy groups -OCH3 is 1. The summed E-state index contributed by atoms with van der Waals surface area (Å²) >= 11 is 5.37. The Balaban J connectivity index is 1.46. The number of H-pyrrole nitrogens is 1. The number of nitrogens with zero attached hydrogens (tertiary/aromatic N) is 3. The van der Waals surface area contributed by atoms with E-state index in [0.717, 1.165) is 25.7 Å². The highest BCUT2D eigenvalue weighted by atomic mass is 32.1. The summed E-state index contributed by atoms with van der Waals surface area (Å²) < 4.78 is 6.91. The van der Waals surface area contributed by atoms with Gasteiger partial charge in [0.05, 0.1) is 10.9 Å². The lowest BCUT2D eigenvalue weighted by Crippen LogP contribution is -2.51. The van der Waals surface area contributed by atoms with E-state index < -0.39 is 0 Å². The molecule has 1 saturated carbocycles. The molecule has 1 aliphatic carbocycles. The fourth-order valence-corrected chi connectivity index (χ4v) is 4.99. The highest BCUT2D eigenvalue weighted by Gasteiger charge is 2.30. The van der Waals surface area contributed by atoms with E-state index in [-0.39, 0.29) is 23.3 Å². The molecule has 1 saturated heterocycles. The van der Waals surface area contributed by atoms with Crippen molar-refractivity contribution >= 4 is 34.9 Å². The van der Waals surface area contributed by atoms with E-state index in [1.807, 2.05) is 4.90 Å². The van der Waals surface area contributed by atoms with E-state index in [0.29, 0.717) is 67.0 Å². The molecule has 2 amide bonds. The number of amides is 2. The van der Waals surface area contributed by atoms with E-state index in [1.54, 1.807) is 30.2 Å². The summed E-state index contributed by atoms with van der Waals surface area (Å²) in [5, 5.41) is 0.500. The van der Waals surface area contributed by atoms with Crippen LogP contribution in [-0.4, -0.2) is 71.1 Å². The maximum Gasteiger partial charge on any atom is 0.262 e. The molecule has 0 radical (unpaired) electrons. The van der Waals surface area contributed by atoms with Gasteiger partial charge in [0.15, 0.2) is 4.77 Å². The van der Waals surface area contributed by atoms with Crippen LogP contribution in [0.5, 0.6) is 0 Å². The number of aromatic amines is 1. The van der Waals surface area contributed by atoms with Crippen LogP contribution in [0.1, 0.15) is 42.5 Å². The Morgan fingerprint density at radius 1 is 1.12 bits per heavy atom. The number of benzene rings is 1. The summed E-state index contributed by atoms with van der Waals surface area (Å²) in [4.78, 5) is 45.3. The third-order valence-corrected chi connectivity index (χ3v) is 6.86. The van der Waals surface area contributed by atoms with Crippen molar-refractivity contribution in [1.29, 1.82) is 0 Å². The number of piperazine rings is 1. The van der Waals surface area contributed by atoms with Gasteiger partial charge < -0.3 is 19.5 Å². The minimum atomic E-state index is -0.169. The molecule has 32 heavy (non-hydrogen) atoms. The fraction of sp³-hybridized carbons (Fsp3) is 0.565. The van der Waals surface area contributed by atoms with Crippen LogP contribution in [0.2, 0.25) is 0 Å². The Kier molecular flexibility index (Phi) is 7.05. The molecule has 1 aromatic heterocycles. The molecule has 1 aliphatic heterocycles. The van der Waals surface area contributed by atoms with Crippen LogP contribution in [-0.2, 0) is 16.1 Å². The average Bonchev–Trinajstić information content (AvgIpc) is 3.35. The number of carbonyl (C=O) groups excluding carboxylic acids is 2. The first-order valence-corrected chi connectivity index (χ1v) is 11.7. The normalized spacial score (nSPS) is 17.3. The van der Waals surface area contributed by atoms with Gasteiger partial charge in [0.25, 0.3) is 11.5 Å². The Morgan fingerprint density at radius 3 is 2.50 bits per heavy atom. The molecule has 2 heterocycles. The zero-order valence-corrected chi connectivity index (χ0v) is 19.3. The Morgan fingerprint density at radius 2 is 1.81 bits per heavy atom. The predicted octanol–water partition coefficient (Wildman–Crippen LogP) is 2.57. The first-order chi connectivity index (χ1) is 15.5. The first-order valence-electron chi connectivity index (χ1n) is 11.3. The lowest BCUT2D eigenvalue weighted by atomic mass is 10.1. The summed E-state index contributed by atoms with van der Waals surface area (Å²) in [5.74, 6) is 0.317. The Labute approximate surface area is 192 Å². The zero-order valence-electron chi connectivity index (χ0n) is 18.5. The second kappa shape index (κ2) is 9.95. The number of hydrogen-bond donors (Lipinski definition) is 1. The van der Waals surface area contributed by atoms with Gasteiger partial charge in [-0.15, -0.1) is 0 Å². The van der Waals surface area contributed by atoms with E-state index in [9.17, 15) is 14.4 Å². The molecule has 1 aromatic carbocycles. The second-order valence-corrected chi connectivity index (χ2v) is 8.98. The van der Waals surface area contributed by atoms with E-state index in [4.69, 9.17) is 17.0 Å². The summed E-state index contributed by atoms with van der Waals surface area (Å²) in [5.41, 5.74) is 0.900. The van der Waals surface area contributed by atoms with Gasteiger partial charge in [-0.25, -0.2) is 0 Å². The van der Waals surface area contributed by atoms with E-state index in [2.05, 4.69) is 4.98 Å². The van der Waals surface area contributed by atoms with Crippen LogP contribution >= 0.6 is 12.2 Å². The smallest absolute Gasteiger partial charge is 0.262 e. The molecule has 0 spiro atoms. The molecule has 0 atom stereocenters. The standard InChI is InChI=1S/C23H30N4O4S/c1-31-14-4-9-27-22(30)18-8-7-17(15-19(18)24-23(27)32)21(29)26-12-10-25(11-13-26)20(28)16-5-2-3-6-16/h7-8,15-16H,2-6,9-14H2,1H3,(H,24,32). The van der Waals surface area contributed by atoms with E-state index >= 15 is 0 Å². The monoisotopic (exact) mass is 458 g/mol. The predicted molar refractivity (Wildman–Crippen MR) is 124 cm³/mol. The lowest BCUT2D eigenvalue weighted by molar-refractivity contribution is -0.136. The third kappa shape index (κ3) is 4.63. The van der Waals surface area contributed by atoms with Gasteiger partial charge in [-0.2, -0.15) is 0 Å². The minimum absolute atomic E-state index is 0.0940. The molecule has 1 N–H and O–H groups in total. The number of fused-ring (bicyclic) bond motifs is 1. The first kappa shape index (κ1) is 22.7. The summed E-state index contributed by atoms with van der Waals surface area (Å²) in [6.07, 6.45) is 4.94. The van der Waals surface area contributed by atoms with Gasteiger partial charge in [-0.3, -0.25) is 19.0 Å². The maximum atomic E-state index is 13.1. The highest BCUT2D eigenvalue weighted by molar-refractivity contribution is 7.71. The van der Waals surface area contributed by atoms with Crippen molar-refractivity contribution < 1.29 is 14.3 Å². The van der Waals surface area contributed by atoms with Gasteiger partial charge in [0.2, 0.25) is 5.91 Å². The van der Waals surface area contributed by atoms with Crippen LogP contribution < -0.4 is 5.56 Å². The van der Waals surface area contributed by atoms with Gasteiger partial charge in [0.1, 0.15) is 0 Å². The van der Waals surface area contributed by atoms with Crippen LogP contribution in [0.3, 0.4) is 0 Å². The van der Waals surface area contributed by atoms with Gasteiger partial charge in [-0.05, 0) is 49.7 Å². The highest BCUT2D eigenvalue weighted by Crippen LogP contribution is 2.27. The molecule has 2 aromatic rings. The van der Waals surface area contributed by atoms with Crippen molar-refractivity contribution in [1.82, 2.24) is 19.4 Å². The Hall–Kier alpha value is -2.52. The van der Waals surface area contributed by atoms with Crippen LogP contribution in [0.25, 0.3) is 10.9 Å². The van der Waals surface area contributed by atoms with Crippen LogP contribution in [0.4, 0.5) is 0 Å². The van der Waals surface area contributed by atoms with Gasteiger partial charge in [-0.1, -0.05) is 12.8 Å². The van der Waals surface area contributed by atoms with E-state index in [1.165, 1.54) is 4.57 Å². The summed E-state index contributed by atoms with van der Waals surface area (Å²) in [6, 6.07) is 5.08. The van der Waals surface area contributed by atoms with Crippen LogP contribution in [0, 0.1) is 10.7 Å². The molecule has 9 heteroatoms. The van der Waals surface area contributed by atoms with Crippen molar-refractivity contribution in [3.63, 3.8) is 0 Å². The van der Waals surface area contributed by atoms with Crippen molar-refractivity contribution in [3.8, 4) is 0 Å². The average molecular weight is 459 g/mol. The van der Waals surface area contributed by atoms with Gasteiger partial charge in [0, 0.05) is 57.9 Å². The number of hydrogen-bond acceptors (Lipinski definition) is 5. The number of rotatable bonds is 6. The number of ether oxygens (including phenoxy) is 1. The summed E-state index contributed by atoms with van der Waals surface area (Å²) in [7, 11) is 1.62. The third-order valence-electron chi connectivity index (χ3n) is 6.54. The SMILES string of the molecule is COCCCn1c(=S)[nH]c2cc(C(=O)N3CCN(C(=O)C4CCCC4)CC3)ccc2c1=O. The maximum absolute atomic E-state index is 13.1. The number of nitrogens with one attached hydrogen (secondary N) is 1. The largest absolute Gasteiger partial charge is 0.385 e. The molecule has 0 bridgehead atoms.